The van der Waals surface area contributed by atoms with Gasteiger partial charge in [0.05, 0.1) is 37.0 Å². The van der Waals surface area contributed by atoms with Crippen LogP contribution in [0.25, 0.3) is 21.9 Å². The van der Waals surface area contributed by atoms with Crippen LogP contribution in [0.5, 0.6) is 17.5 Å². The second-order valence-electron chi connectivity index (χ2n) is 18.9. The molecule has 0 unspecified atom stereocenters. The highest BCUT2D eigenvalue weighted by molar-refractivity contribution is 7.91. The Morgan fingerprint density at radius 3 is 2.39 bits per heavy atom. The fourth-order valence-electron chi connectivity index (χ4n) is 8.84. The summed E-state index contributed by atoms with van der Waals surface area (Å²) >= 11 is 0. The fourth-order valence-corrected chi connectivity index (χ4v) is 10.2. The highest BCUT2D eigenvalue weighted by atomic mass is 32.2. The molecule has 16 heteroatoms. The number of aromatic nitrogens is 2. The van der Waals surface area contributed by atoms with E-state index in [1.165, 1.54) is 4.90 Å². The van der Waals surface area contributed by atoms with E-state index < -0.39 is 67.7 Å². The maximum Gasteiger partial charge on any atom is 0.408 e. The van der Waals surface area contributed by atoms with Gasteiger partial charge < -0.3 is 29.2 Å². The predicted molar refractivity (Wildman–Crippen MR) is 232 cm³/mol. The summed E-state index contributed by atoms with van der Waals surface area (Å²) in [5.74, 6) is -0.808. The number of benzene rings is 1. The lowest BCUT2D eigenvalue weighted by molar-refractivity contribution is -0.141. The van der Waals surface area contributed by atoms with E-state index in [1.807, 2.05) is 37.3 Å². The van der Waals surface area contributed by atoms with Gasteiger partial charge in [0.2, 0.25) is 33.6 Å². The largest absolute Gasteiger partial charge is 0.497 e. The Kier molecular flexibility index (Phi) is 12.4. The molecule has 334 valence electrons. The molecule has 0 bridgehead atoms. The van der Waals surface area contributed by atoms with E-state index in [-0.39, 0.29) is 43.0 Å². The number of carbonyl (C=O) groups is 4. The van der Waals surface area contributed by atoms with E-state index in [2.05, 4.69) is 21.9 Å². The number of hydrogen-bond acceptors (Lipinski definition) is 12. The van der Waals surface area contributed by atoms with Crippen LogP contribution >= 0.6 is 0 Å². The lowest BCUT2D eigenvalue weighted by atomic mass is 9.88. The number of ketones is 1. The quantitative estimate of drug-likeness (QED) is 0.221. The molecule has 0 spiro atoms. The van der Waals surface area contributed by atoms with Crippen LogP contribution in [0.3, 0.4) is 0 Å². The number of amides is 3. The lowest BCUT2D eigenvalue weighted by Crippen LogP contribution is -2.55. The topological polar surface area (TPSA) is 192 Å². The number of fused-ring (bicyclic) bond motifs is 3. The number of sulfonamides is 1. The Labute approximate surface area is 363 Å². The Balaban J connectivity index is 1.25. The van der Waals surface area contributed by atoms with Crippen molar-refractivity contribution in [2.24, 2.45) is 23.2 Å². The third-order valence-electron chi connectivity index (χ3n) is 12.9. The van der Waals surface area contributed by atoms with Crippen molar-refractivity contribution in [2.75, 3.05) is 20.8 Å². The second-order valence-corrected chi connectivity index (χ2v) is 21.1. The molecule has 7 atom stereocenters. The standard InChI is InChI=1S/C46H59N5O10S/c1-27-11-9-10-12-30-22-46(30,42(54)50-62(56,57)45(6)17-18-45)23-37(52)36-21-32(26-51(36)41(53)39(28(2)19-27)49-43(55)61-44(3,4)5)60-40-33-15-14-31(58-7)20-34(33)35(25-48-40)29-13-16-38(59-8)47-24-29/h10,12-16,20,24-25,27-28,30,32,36,39H,9,11,17-19,21-23,26H2,1-8H3,(H,49,55)(H,50,54)/b12-10-/t27-,28-,30-,32-,36+,39+,46-/m1/s1. The van der Waals surface area contributed by atoms with E-state index in [0.29, 0.717) is 49.1 Å². The second kappa shape index (κ2) is 17.1. The number of nitrogens with zero attached hydrogens (tertiary/aromatic N) is 3. The van der Waals surface area contributed by atoms with Crippen molar-refractivity contribution in [3.05, 3.63) is 54.9 Å². The maximum atomic E-state index is 15.0. The minimum absolute atomic E-state index is 0.0250. The Morgan fingerprint density at radius 2 is 1.73 bits per heavy atom. The van der Waals surface area contributed by atoms with Crippen molar-refractivity contribution in [1.29, 1.82) is 0 Å². The van der Waals surface area contributed by atoms with E-state index in [4.69, 9.17) is 23.9 Å². The summed E-state index contributed by atoms with van der Waals surface area (Å²) in [5.41, 5.74) is -0.599. The number of carbonyl (C=O) groups excluding carboxylic acids is 4. The van der Waals surface area contributed by atoms with Gasteiger partial charge in [-0.2, -0.15) is 0 Å². The normalized spacial score (nSPS) is 28.0. The highest BCUT2D eigenvalue weighted by Gasteiger charge is 2.62. The molecule has 3 amide bonds. The first-order chi connectivity index (χ1) is 29.3. The maximum absolute atomic E-state index is 15.0. The van der Waals surface area contributed by atoms with Gasteiger partial charge in [-0.15, -0.1) is 0 Å². The molecule has 2 N–H and O–H groups in total. The highest BCUT2D eigenvalue weighted by Crippen LogP contribution is 2.57. The van der Waals surface area contributed by atoms with Gasteiger partial charge >= 0.3 is 6.09 Å². The van der Waals surface area contributed by atoms with Gasteiger partial charge in [-0.1, -0.05) is 26.0 Å². The third kappa shape index (κ3) is 9.40. The number of hydrogen-bond donors (Lipinski definition) is 2. The summed E-state index contributed by atoms with van der Waals surface area (Å²) in [5, 5.41) is 4.27. The van der Waals surface area contributed by atoms with Crippen LogP contribution in [0.15, 0.2) is 54.9 Å². The van der Waals surface area contributed by atoms with Crippen molar-refractivity contribution in [3.63, 3.8) is 0 Å². The van der Waals surface area contributed by atoms with Gasteiger partial charge in [0.15, 0.2) is 5.78 Å². The molecule has 2 aliphatic carbocycles. The molecule has 2 aliphatic heterocycles. The molecule has 0 radical (unpaired) electrons. The van der Waals surface area contributed by atoms with Gasteiger partial charge in [-0.3, -0.25) is 19.1 Å². The smallest absolute Gasteiger partial charge is 0.408 e. The number of methoxy groups -OCH3 is 2. The van der Waals surface area contributed by atoms with Gasteiger partial charge in [0.1, 0.15) is 23.5 Å². The minimum atomic E-state index is -3.99. The molecule has 15 nitrogen and oxygen atoms in total. The van der Waals surface area contributed by atoms with E-state index in [1.54, 1.807) is 66.4 Å². The molecule has 7 rings (SSSR count). The van der Waals surface area contributed by atoms with Crippen LogP contribution in [0.4, 0.5) is 4.79 Å². The molecule has 3 fully saturated rings. The van der Waals surface area contributed by atoms with Gasteiger partial charge in [0.25, 0.3) is 0 Å². The average Bonchev–Trinajstić information content (AvgIpc) is 4.10. The zero-order chi connectivity index (χ0) is 44.8. The van der Waals surface area contributed by atoms with Crippen molar-refractivity contribution < 1.29 is 46.5 Å². The summed E-state index contributed by atoms with van der Waals surface area (Å²) < 4.78 is 51.1. The summed E-state index contributed by atoms with van der Waals surface area (Å²) in [6, 6.07) is 7.02. The molecule has 1 aromatic carbocycles. The number of pyridine rings is 2. The zero-order valence-electron chi connectivity index (χ0n) is 36.9. The van der Waals surface area contributed by atoms with Crippen LogP contribution < -0.4 is 24.2 Å². The first-order valence-corrected chi connectivity index (χ1v) is 22.9. The lowest BCUT2D eigenvalue weighted by Gasteiger charge is -2.33. The monoisotopic (exact) mass is 873 g/mol. The van der Waals surface area contributed by atoms with Crippen molar-refractivity contribution in [2.45, 2.75) is 121 Å². The first-order valence-electron chi connectivity index (χ1n) is 21.5. The molecular formula is C46H59N5O10S. The molecule has 2 saturated carbocycles. The zero-order valence-corrected chi connectivity index (χ0v) is 37.7. The number of nitrogens with one attached hydrogen (secondary N) is 2. The number of ether oxygens (including phenoxy) is 4. The van der Waals surface area contributed by atoms with Crippen LogP contribution in [0, 0.1) is 23.2 Å². The molecule has 2 aromatic heterocycles. The molecule has 1 saturated heterocycles. The Bertz CT molecular complexity index is 2360. The van der Waals surface area contributed by atoms with E-state index >= 15 is 0 Å². The first kappa shape index (κ1) is 44.8. The molecular weight excluding hydrogens is 815 g/mol. The fraction of sp³-hybridized carbons (Fsp3) is 0.565. The number of alkyl carbamates (subject to hydrolysis) is 1. The molecule has 62 heavy (non-hydrogen) atoms. The van der Waals surface area contributed by atoms with Crippen LogP contribution in [-0.2, 0) is 29.1 Å². The van der Waals surface area contributed by atoms with Crippen LogP contribution in [0.1, 0.15) is 92.9 Å². The van der Waals surface area contributed by atoms with Crippen molar-refractivity contribution in [3.8, 4) is 28.6 Å². The summed E-state index contributed by atoms with van der Waals surface area (Å²) in [6.07, 6.45) is 8.80. The molecule has 4 aliphatic rings. The van der Waals surface area contributed by atoms with E-state index in [9.17, 15) is 27.6 Å². The number of rotatable bonds is 9. The summed E-state index contributed by atoms with van der Waals surface area (Å²) in [7, 11) is -0.865. The molecule has 4 heterocycles. The van der Waals surface area contributed by atoms with Crippen LogP contribution in [0.2, 0.25) is 0 Å². The Hall–Kier alpha value is -5.25. The predicted octanol–water partition coefficient (Wildman–Crippen LogP) is 6.53. The SMILES string of the molecule is COc1ccc2c(O[C@@H]3C[C@H]4C(=O)C[C@]5(C(=O)NS(=O)(=O)C6(C)CC6)C[C@H]5/C=C\CC[C@@H](C)C[C@@H](C)[C@H](NC(=O)OC(C)(C)C)C(=O)N4C3)ncc(-c3ccc(OC)nc3)c2c1. The average molecular weight is 874 g/mol. The van der Waals surface area contributed by atoms with Gasteiger partial charge in [0, 0.05) is 53.2 Å². The summed E-state index contributed by atoms with van der Waals surface area (Å²) in [4.78, 5) is 67.8. The van der Waals surface area contributed by atoms with E-state index in [0.717, 1.165) is 22.9 Å². The number of allylic oxidation sites excluding steroid dienone is 2. The summed E-state index contributed by atoms with van der Waals surface area (Å²) in [6.45, 7) is 10.8. The van der Waals surface area contributed by atoms with Gasteiger partial charge in [-0.05, 0) is 108 Å². The van der Waals surface area contributed by atoms with Gasteiger partial charge in [-0.25, -0.2) is 23.2 Å². The van der Waals surface area contributed by atoms with Crippen molar-refractivity contribution in [1.82, 2.24) is 24.9 Å². The van der Waals surface area contributed by atoms with Crippen molar-refractivity contribution >= 4 is 44.5 Å². The Morgan fingerprint density at radius 1 is 0.968 bits per heavy atom. The third-order valence-corrected chi connectivity index (χ3v) is 15.1. The minimum Gasteiger partial charge on any atom is -0.497 e. The number of Topliss-reactive ketones (excluding diaryl/α,β-unsaturated/α-hetero) is 1. The van der Waals surface area contributed by atoms with Crippen LogP contribution in [-0.4, -0.2) is 96.3 Å². The molecule has 3 aromatic rings.